The van der Waals surface area contributed by atoms with Gasteiger partial charge in [-0.2, -0.15) is 0 Å². The second-order valence-electron chi connectivity index (χ2n) is 4.39. The van der Waals surface area contributed by atoms with E-state index in [4.69, 9.17) is 23.2 Å². The minimum atomic E-state index is 0.226. The van der Waals surface area contributed by atoms with Crippen LogP contribution in [0.15, 0.2) is 46.9 Å². The zero-order valence-electron chi connectivity index (χ0n) is 10.5. The Bertz CT molecular complexity index is 572. The maximum absolute atomic E-state index is 6.00. The molecule has 1 atom stereocenters. The molecule has 0 bridgehead atoms. The molecular formula is C15H14BrCl2N. The van der Waals surface area contributed by atoms with Crippen LogP contribution < -0.4 is 5.32 Å². The average molecular weight is 359 g/mol. The van der Waals surface area contributed by atoms with Crippen LogP contribution in [-0.2, 0) is 6.54 Å². The molecule has 0 heterocycles. The van der Waals surface area contributed by atoms with Crippen molar-refractivity contribution in [2.24, 2.45) is 0 Å². The molecule has 0 spiro atoms. The van der Waals surface area contributed by atoms with Crippen LogP contribution in [0.1, 0.15) is 24.1 Å². The first kappa shape index (κ1) is 14.9. The van der Waals surface area contributed by atoms with Crippen molar-refractivity contribution in [3.05, 3.63) is 68.1 Å². The fraction of sp³-hybridized carbons (Fsp3) is 0.200. The molecule has 0 aliphatic rings. The van der Waals surface area contributed by atoms with Crippen molar-refractivity contribution >= 4 is 39.1 Å². The fourth-order valence-electron chi connectivity index (χ4n) is 1.84. The van der Waals surface area contributed by atoms with E-state index in [1.54, 1.807) is 0 Å². The largest absolute Gasteiger partial charge is 0.306 e. The normalized spacial score (nSPS) is 12.4. The average Bonchev–Trinajstić information content (AvgIpc) is 2.39. The highest BCUT2D eigenvalue weighted by Crippen LogP contribution is 2.23. The van der Waals surface area contributed by atoms with Gasteiger partial charge in [-0.15, -0.1) is 0 Å². The lowest BCUT2D eigenvalue weighted by Crippen LogP contribution is -2.18. The van der Waals surface area contributed by atoms with E-state index in [0.29, 0.717) is 0 Å². The third-order valence-corrected chi connectivity index (χ3v) is 4.20. The summed E-state index contributed by atoms with van der Waals surface area (Å²) in [5.41, 5.74) is 2.31. The Kier molecular flexibility index (Phi) is 5.28. The van der Waals surface area contributed by atoms with Crippen molar-refractivity contribution in [2.45, 2.75) is 19.5 Å². The number of halogens is 3. The van der Waals surface area contributed by atoms with Gasteiger partial charge in [-0.05, 0) is 48.4 Å². The van der Waals surface area contributed by atoms with Gasteiger partial charge >= 0.3 is 0 Å². The molecule has 0 aliphatic carbocycles. The minimum Gasteiger partial charge on any atom is -0.306 e. The van der Waals surface area contributed by atoms with Gasteiger partial charge in [0.2, 0.25) is 0 Å². The quantitative estimate of drug-likeness (QED) is 0.749. The second-order valence-corrected chi connectivity index (χ2v) is 6.12. The van der Waals surface area contributed by atoms with Crippen LogP contribution in [0, 0.1) is 0 Å². The summed E-state index contributed by atoms with van der Waals surface area (Å²) >= 11 is 15.5. The van der Waals surface area contributed by atoms with Crippen LogP contribution in [0.3, 0.4) is 0 Å². The molecule has 19 heavy (non-hydrogen) atoms. The molecular weight excluding hydrogens is 345 g/mol. The van der Waals surface area contributed by atoms with E-state index in [2.05, 4.69) is 34.2 Å². The SMILES string of the molecule is C[C@H](NCc1cc(Cl)ccc1Br)c1cccc(Cl)c1. The fourth-order valence-corrected chi connectivity index (χ4v) is 2.62. The lowest BCUT2D eigenvalue weighted by atomic mass is 10.1. The van der Waals surface area contributed by atoms with Gasteiger partial charge in [0.05, 0.1) is 0 Å². The van der Waals surface area contributed by atoms with Crippen LogP contribution in [0.25, 0.3) is 0 Å². The lowest BCUT2D eigenvalue weighted by molar-refractivity contribution is 0.574. The molecule has 0 unspecified atom stereocenters. The van der Waals surface area contributed by atoms with Crippen molar-refractivity contribution in [2.75, 3.05) is 0 Å². The van der Waals surface area contributed by atoms with Crippen molar-refractivity contribution in [1.82, 2.24) is 5.32 Å². The summed E-state index contributed by atoms with van der Waals surface area (Å²) in [6.45, 7) is 2.86. The molecule has 0 saturated heterocycles. The summed E-state index contributed by atoms with van der Waals surface area (Å²) in [4.78, 5) is 0. The summed E-state index contributed by atoms with van der Waals surface area (Å²) in [6.07, 6.45) is 0. The Morgan fingerprint density at radius 3 is 2.58 bits per heavy atom. The van der Waals surface area contributed by atoms with Gasteiger partial charge in [0.15, 0.2) is 0 Å². The number of hydrogen-bond acceptors (Lipinski definition) is 1. The smallest absolute Gasteiger partial charge is 0.0410 e. The summed E-state index contributed by atoms with van der Waals surface area (Å²) in [5.74, 6) is 0. The molecule has 0 aliphatic heterocycles. The summed E-state index contributed by atoms with van der Waals surface area (Å²) in [6, 6.07) is 13.9. The first-order valence-electron chi connectivity index (χ1n) is 5.99. The lowest BCUT2D eigenvalue weighted by Gasteiger charge is -2.15. The van der Waals surface area contributed by atoms with Crippen molar-refractivity contribution in [3.8, 4) is 0 Å². The monoisotopic (exact) mass is 357 g/mol. The van der Waals surface area contributed by atoms with E-state index in [9.17, 15) is 0 Å². The molecule has 2 rings (SSSR count). The van der Waals surface area contributed by atoms with E-state index in [1.165, 1.54) is 5.56 Å². The van der Waals surface area contributed by atoms with Gasteiger partial charge in [0.1, 0.15) is 0 Å². The van der Waals surface area contributed by atoms with Gasteiger partial charge in [-0.3, -0.25) is 0 Å². The highest BCUT2D eigenvalue weighted by Gasteiger charge is 2.07. The molecule has 100 valence electrons. The van der Waals surface area contributed by atoms with E-state index < -0.39 is 0 Å². The van der Waals surface area contributed by atoms with Crippen molar-refractivity contribution < 1.29 is 0 Å². The first-order chi connectivity index (χ1) is 9.06. The second kappa shape index (κ2) is 6.76. The molecule has 0 radical (unpaired) electrons. The van der Waals surface area contributed by atoms with E-state index in [0.717, 1.165) is 26.6 Å². The molecule has 0 aromatic heterocycles. The third-order valence-electron chi connectivity index (χ3n) is 2.96. The van der Waals surface area contributed by atoms with Crippen LogP contribution in [-0.4, -0.2) is 0 Å². The van der Waals surface area contributed by atoms with Crippen LogP contribution in [0.5, 0.6) is 0 Å². The molecule has 0 saturated carbocycles. The Labute approximate surface area is 132 Å². The number of rotatable bonds is 4. The Morgan fingerprint density at radius 1 is 1.11 bits per heavy atom. The maximum atomic E-state index is 6.00. The van der Waals surface area contributed by atoms with Gasteiger partial charge in [-0.25, -0.2) is 0 Å². The van der Waals surface area contributed by atoms with Crippen LogP contribution in [0.4, 0.5) is 0 Å². The Morgan fingerprint density at radius 2 is 1.84 bits per heavy atom. The van der Waals surface area contributed by atoms with Gasteiger partial charge in [0, 0.05) is 27.1 Å². The van der Waals surface area contributed by atoms with Gasteiger partial charge < -0.3 is 5.32 Å². The summed E-state index contributed by atoms with van der Waals surface area (Å²) in [7, 11) is 0. The standard InChI is InChI=1S/C15H14BrCl2N/c1-10(11-3-2-4-13(17)7-11)19-9-12-8-14(18)5-6-15(12)16/h2-8,10,19H,9H2,1H3/t10-/m0/s1. The van der Waals surface area contributed by atoms with Crippen molar-refractivity contribution in [3.63, 3.8) is 0 Å². The first-order valence-corrected chi connectivity index (χ1v) is 7.54. The number of benzene rings is 2. The Hall–Kier alpha value is -0.540. The summed E-state index contributed by atoms with van der Waals surface area (Å²) < 4.78 is 1.06. The molecule has 4 heteroatoms. The van der Waals surface area contributed by atoms with Crippen molar-refractivity contribution in [1.29, 1.82) is 0 Å². The Balaban J connectivity index is 2.04. The van der Waals surface area contributed by atoms with Crippen LogP contribution in [0.2, 0.25) is 10.0 Å². The summed E-state index contributed by atoms with van der Waals surface area (Å²) in [5, 5.41) is 4.97. The number of hydrogen-bond donors (Lipinski definition) is 1. The number of nitrogens with one attached hydrogen (secondary N) is 1. The van der Waals surface area contributed by atoms with Gasteiger partial charge in [-0.1, -0.05) is 51.3 Å². The third kappa shape index (κ3) is 4.22. The minimum absolute atomic E-state index is 0.226. The van der Waals surface area contributed by atoms with Crippen LogP contribution >= 0.6 is 39.1 Å². The van der Waals surface area contributed by atoms with E-state index in [1.807, 2.05) is 36.4 Å². The molecule has 1 N–H and O–H groups in total. The maximum Gasteiger partial charge on any atom is 0.0410 e. The molecule has 2 aromatic carbocycles. The van der Waals surface area contributed by atoms with Gasteiger partial charge in [0.25, 0.3) is 0 Å². The predicted molar refractivity (Wildman–Crippen MR) is 85.9 cm³/mol. The molecule has 0 amide bonds. The zero-order valence-corrected chi connectivity index (χ0v) is 13.6. The molecule has 2 aromatic rings. The van der Waals surface area contributed by atoms with E-state index in [-0.39, 0.29) is 6.04 Å². The zero-order chi connectivity index (χ0) is 13.8. The molecule has 1 nitrogen and oxygen atoms in total. The molecule has 0 fully saturated rings. The van der Waals surface area contributed by atoms with E-state index >= 15 is 0 Å². The topological polar surface area (TPSA) is 12.0 Å². The predicted octanol–water partition coefficient (Wildman–Crippen LogP) is 5.61. The highest BCUT2D eigenvalue weighted by molar-refractivity contribution is 9.10. The highest BCUT2D eigenvalue weighted by atomic mass is 79.9.